The van der Waals surface area contributed by atoms with E-state index in [0.29, 0.717) is 12.0 Å². The molecule has 0 radical (unpaired) electrons. The topological polar surface area (TPSA) is 41.1 Å². The minimum absolute atomic E-state index is 0.0752. The Kier molecular flexibility index (Phi) is 4.50. The summed E-state index contributed by atoms with van der Waals surface area (Å²) < 4.78 is 0. The first-order chi connectivity index (χ1) is 6.68. The van der Waals surface area contributed by atoms with E-state index in [-0.39, 0.29) is 6.03 Å². The van der Waals surface area contributed by atoms with Crippen LogP contribution in [0.15, 0.2) is 12.3 Å². The fraction of sp³-hybridized carbons (Fsp3) is 0.727. The predicted octanol–water partition coefficient (Wildman–Crippen LogP) is 2.40. The number of carbonyl (C=O) groups excluding carboxylic acids is 1. The van der Waals surface area contributed by atoms with Crippen LogP contribution in [0.2, 0.25) is 0 Å². The lowest BCUT2D eigenvalue weighted by Gasteiger charge is -2.10. The molecule has 0 atom stereocenters. The Morgan fingerprint density at radius 2 is 2.00 bits per heavy atom. The zero-order chi connectivity index (χ0) is 10.4. The standard InChI is InChI=1S/C11H20N2O/c1-9(2)7-8-12-11(14)13-10-5-3-4-6-10/h7-10H,3-6H2,1-2H3,(H2,12,13,14)/b8-7+. The maximum atomic E-state index is 11.3. The highest BCUT2D eigenvalue weighted by molar-refractivity contribution is 5.75. The Morgan fingerprint density at radius 3 is 2.57 bits per heavy atom. The molecule has 3 nitrogen and oxygen atoms in total. The summed E-state index contributed by atoms with van der Waals surface area (Å²) >= 11 is 0. The summed E-state index contributed by atoms with van der Waals surface area (Å²) in [4.78, 5) is 11.3. The van der Waals surface area contributed by atoms with Crippen molar-refractivity contribution in [2.45, 2.75) is 45.6 Å². The molecule has 0 aromatic heterocycles. The number of hydrogen-bond donors (Lipinski definition) is 2. The number of nitrogens with one attached hydrogen (secondary N) is 2. The third-order valence-electron chi connectivity index (χ3n) is 2.39. The Morgan fingerprint density at radius 1 is 1.36 bits per heavy atom. The summed E-state index contributed by atoms with van der Waals surface area (Å²) in [7, 11) is 0. The summed E-state index contributed by atoms with van der Waals surface area (Å²) in [6, 6.07) is 0.316. The van der Waals surface area contributed by atoms with Gasteiger partial charge in [0.05, 0.1) is 0 Å². The second kappa shape index (κ2) is 5.68. The van der Waals surface area contributed by atoms with Crippen LogP contribution in [0.25, 0.3) is 0 Å². The van der Waals surface area contributed by atoms with Crippen LogP contribution in [-0.4, -0.2) is 12.1 Å². The van der Waals surface area contributed by atoms with Gasteiger partial charge in [-0.3, -0.25) is 0 Å². The first-order valence-electron chi connectivity index (χ1n) is 5.42. The molecular formula is C11H20N2O. The lowest BCUT2D eigenvalue weighted by atomic mass is 10.2. The van der Waals surface area contributed by atoms with Crippen molar-refractivity contribution in [1.82, 2.24) is 10.6 Å². The molecule has 1 aliphatic carbocycles. The van der Waals surface area contributed by atoms with E-state index in [0.717, 1.165) is 12.8 Å². The van der Waals surface area contributed by atoms with Crippen LogP contribution in [0.5, 0.6) is 0 Å². The van der Waals surface area contributed by atoms with Crippen molar-refractivity contribution >= 4 is 6.03 Å². The highest BCUT2D eigenvalue weighted by atomic mass is 16.2. The maximum absolute atomic E-state index is 11.3. The molecule has 2 amide bonds. The van der Waals surface area contributed by atoms with Gasteiger partial charge >= 0.3 is 6.03 Å². The van der Waals surface area contributed by atoms with Gasteiger partial charge in [0, 0.05) is 12.2 Å². The number of allylic oxidation sites excluding steroid dienone is 1. The lowest BCUT2D eigenvalue weighted by molar-refractivity contribution is 0.240. The van der Waals surface area contributed by atoms with Gasteiger partial charge in [-0.15, -0.1) is 0 Å². The van der Waals surface area contributed by atoms with Gasteiger partial charge in [0.2, 0.25) is 0 Å². The first kappa shape index (κ1) is 11.1. The molecule has 1 fully saturated rings. The fourth-order valence-electron chi connectivity index (χ4n) is 1.61. The quantitative estimate of drug-likeness (QED) is 0.715. The van der Waals surface area contributed by atoms with E-state index in [4.69, 9.17) is 0 Å². The van der Waals surface area contributed by atoms with Crippen LogP contribution in [0.3, 0.4) is 0 Å². The minimum atomic E-state index is -0.0752. The highest BCUT2D eigenvalue weighted by Crippen LogP contribution is 2.17. The molecule has 0 unspecified atom stereocenters. The van der Waals surface area contributed by atoms with E-state index in [9.17, 15) is 4.79 Å². The van der Waals surface area contributed by atoms with Crippen molar-refractivity contribution < 1.29 is 4.79 Å². The van der Waals surface area contributed by atoms with E-state index in [1.807, 2.05) is 6.08 Å². The molecule has 2 N–H and O–H groups in total. The zero-order valence-electron chi connectivity index (χ0n) is 9.05. The smallest absolute Gasteiger partial charge is 0.318 e. The SMILES string of the molecule is CC(C)/C=C/NC(=O)NC1CCCC1. The fourth-order valence-corrected chi connectivity index (χ4v) is 1.61. The van der Waals surface area contributed by atoms with Crippen LogP contribution in [0, 0.1) is 5.92 Å². The van der Waals surface area contributed by atoms with Gasteiger partial charge in [-0.2, -0.15) is 0 Å². The van der Waals surface area contributed by atoms with Crippen LogP contribution in [0.4, 0.5) is 4.79 Å². The number of hydrogen-bond acceptors (Lipinski definition) is 1. The zero-order valence-corrected chi connectivity index (χ0v) is 9.05. The lowest BCUT2D eigenvalue weighted by Crippen LogP contribution is -2.38. The number of rotatable bonds is 3. The van der Waals surface area contributed by atoms with Crippen molar-refractivity contribution in [2.24, 2.45) is 5.92 Å². The largest absolute Gasteiger partial charge is 0.335 e. The molecule has 0 aromatic carbocycles. The van der Waals surface area contributed by atoms with E-state index < -0.39 is 0 Å². The third-order valence-corrected chi connectivity index (χ3v) is 2.39. The number of urea groups is 1. The van der Waals surface area contributed by atoms with Gasteiger partial charge < -0.3 is 10.6 Å². The molecule has 0 aromatic rings. The summed E-state index contributed by atoms with van der Waals surface area (Å²) in [5, 5.41) is 5.66. The molecule has 80 valence electrons. The van der Waals surface area contributed by atoms with Crippen LogP contribution in [-0.2, 0) is 0 Å². The van der Waals surface area contributed by atoms with Crippen molar-refractivity contribution in [3.8, 4) is 0 Å². The Bertz CT molecular complexity index is 205. The number of carbonyl (C=O) groups is 1. The van der Waals surface area contributed by atoms with Crippen molar-refractivity contribution in [2.75, 3.05) is 0 Å². The van der Waals surface area contributed by atoms with Gasteiger partial charge in [0.1, 0.15) is 0 Å². The molecule has 0 saturated heterocycles. The Balaban J connectivity index is 2.15. The van der Waals surface area contributed by atoms with Crippen molar-refractivity contribution in [1.29, 1.82) is 0 Å². The summed E-state index contributed by atoms with van der Waals surface area (Å²) in [5.74, 6) is 0.474. The molecule has 1 rings (SSSR count). The van der Waals surface area contributed by atoms with Gasteiger partial charge in [-0.1, -0.05) is 32.8 Å². The monoisotopic (exact) mass is 196 g/mol. The summed E-state index contributed by atoms with van der Waals surface area (Å²) in [6.45, 7) is 4.15. The normalized spacial score (nSPS) is 17.9. The molecule has 3 heteroatoms. The molecule has 0 heterocycles. The molecule has 0 aliphatic heterocycles. The van der Waals surface area contributed by atoms with E-state index in [1.54, 1.807) is 6.20 Å². The Hall–Kier alpha value is -0.990. The van der Waals surface area contributed by atoms with Crippen LogP contribution < -0.4 is 10.6 Å². The second-order valence-corrected chi connectivity index (χ2v) is 4.20. The number of amides is 2. The third kappa shape index (κ3) is 4.30. The van der Waals surface area contributed by atoms with E-state index in [1.165, 1.54) is 12.8 Å². The van der Waals surface area contributed by atoms with Crippen LogP contribution in [0.1, 0.15) is 39.5 Å². The van der Waals surface area contributed by atoms with Crippen molar-refractivity contribution in [3.05, 3.63) is 12.3 Å². The summed E-state index contributed by atoms with van der Waals surface area (Å²) in [5.41, 5.74) is 0. The van der Waals surface area contributed by atoms with Gasteiger partial charge in [-0.05, 0) is 18.8 Å². The predicted molar refractivity (Wildman–Crippen MR) is 57.9 cm³/mol. The van der Waals surface area contributed by atoms with Gasteiger partial charge in [-0.25, -0.2) is 4.79 Å². The molecule has 0 spiro atoms. The first-order valence-corrected chi connectivity index (χ1v) is 5.42. The maximum Gasteiger partial charge on any atom is 0.318 e. The second-order valence-electron chi connectivity index (χ2n) is 4.20. The van der Waals surface area contributed by atoms with Gasteiger partial charge in [0.25, 0.3) is 0 Å². The summed E-state index contributed by atoms with van der Waals surface area (Å²) in [6.07, 6.45) is 8.42. The van der Waals surface area contributed by atoms with E-state index in [2.05, 4.69) is 24.5 Å². The molecule has 0 bridgehead atoms. The highest BCUT2D eigenvalue weighted by Gasteiger charge is 2.15. The molecule has 14 heavy (non-hydrogen) atoms. The van der Waals surface area contributed by atoms with E-state index >= 15 is 0 Å². The van der Waals surface area contributed by atoms with Crippen LogP contribution >= 0.6 is 0 Å². The average molecular weight is 196 g/mol. The molecule has 1 saturated carbocycles. The molecular weight excluding hydrogens is 176 g/mol. The molecule has 1 aliphatic rings. The Labute approximate surface area is 86.0 Å². The minimum Gasteiger partial charge on any atom is -0.335 e. The van der Waals surface area contributed by atoms with Crippen molar-refractivity contribution in [3.63, 3.8) is 0 Å². The van der Waals surface area contributed by atoms with Gasteiger partial charge in [0.15, 0.2) is 0 Å². The average Bonchev–Trinajstić information content (AvgIpc) is 2.56.